The second kappa shape index (κ2) is 19.4. The molecular weight excluding hydrogens is 916 g/mol. The zero-order valence-electron chi connectivity index (χ0n) is 38.9. The van der Waals surface area contributed by atoms with E-state index in [1.54, 1.807) is 48.5 Å². The van der Waals surface area contributed by atoms with E-state index in [-0.39, 0.29) is 35.7 Å². The molecule has 3 saturated heterocycles. The van der Waals surface area contributed by atoms with E-state index in [2.05, 4.69) is 41.0 Å². The van der Waals surface area contributed by atoms with E-state index in [0.717, 1.165) is 60.5 Å². The number of pyridine rings is 2. The summed E-state index contributed by atoms with van der Waals surface area (Å²) in [5, 5.41) is 11.7. The molecule has 0 bridgehead atoms. The van der Waals surface area contributed by atoms with Gasteiger partial charge in [-0.2, -0.15) is 0 Å². The Morgan fingerprint density at radius 2 is 1.52 bits per heavy atom. The largest absolute Gasteiger partial charge is 0.495 e. The van der Waals surface area contributed by atoms with Crippen LogP contribution in [0.25, 0.3) is 10.9 Å². The molecule has 4 aliphatic heterocycles. The highest BCUT2D eigenvalue weighted by atomic mass is 19.1. The van der Waals surface area contributed by atoms with Gasteiger partial charge < -0.3 is 35.2 Å². The lowest BCUT2D eigenvalue weighted by Gasteiger charge is -2.39. The van der Waals surface area contributed by atoms with Crippen molar-refractivity contribution < 1.29 is 47.4 Å². The Morgan fingerprint density at radius 3 is 2.20 bits per heavy atom. The molecule has 5 aliphatic rings. The topological polar surface area (TPSA) is 225 Å². The summed E-state index contributed by atoms with van der Waals surface area (Å²) in [4.78, 5) is 107. The summed E-state index contributed by atoms with van der Waals surface area (Å²) in [6.07, 6.45) is 5.86. The molecule has 2 aromatic heterocycles. The minimum atomic E-state index is -1.19. The minimum absolute atomic E-state index is 0.00447. The minimum Gasteiger partial charge on any atom is -0.495 e. The summed E-state index contributed by atoms with van der Waals surface area (Å²) in [5.41, 5.74) is 1.60. The number of aromatic nitrogens is 2. The first kappa shape index (κ1) is 46.7. The molecule has 1 unspecified atom stereocenters. The number of rotatable bonds is 15. The highest BCUT2D eigenvalue weighted by Gasteiger charge is 2.56. The molecule has 1 saturated carbocycles. The van der Waals surface area contributed by atoms with Crippen molar-refractivity contribution in [2.75, 3.05) is 80.3 Å². The van der Waals surface area contributed by atoms with Crippen LogP contribution in [0.5, 0.6) is 17.2 Å². The molecule has 10 rings (SSSR count). The number of hydrogen-bond acceptors (Lipinski definition) is 14. The first-order valence-electron chi connectivity index (χ1n) is 23.7. The van der Waals surface area contributed by atoms with Crippen LogP contribution in [0.3, 0.4) is 0 Å². The average molecular weight is 967 g/mol. The van der Waals surface area contributed by atoms with E-state index in [0.29, 0.717) is 73.6 Å². The maximum absolute atomic E-state index is 13.4. The Bertz CT molecular complexity index is 2960. The predicted molar refractivity (Wildman–Crippen MR) is 257 cm³/mol. The van der Waals surface area contributed by atoms with Gasteiger partial charge in [0.25, 0.3) is 11.8 Å². The number of nitrogens with one attached hydrogen (secondary N) is 4. The third kappa shape index (κ3) is 9.53. The fraction of sp³-hybridized carbons (Fsp3) is 0.353. The molecule has 4 N–H and O–H groups in total. The molecule has 20 heteroatoms. The van der Waals surface area contributed by atoms with Crippen LogP contribution in [0, 0.1) is 17.2 Å². The lowest BCUT2D eigenvalue weighted by atomic mass is 9.95. The second-order valence-electron chi connectivity index (χ2n) is 18.5. The number of imide groups is 2. The Morgan fingerprint density at radius 1 is 0.817 bits per heavy atom. The van der Waals surface area contributed by atoms with E-state index in [9.17, 15) is 38.0 Å². The number of benzene rings is 3. The fourth-order valence-corrected chi connectivity index (χ4v) is 9.81. The molecule has 3 aromatic carbocycles. The monoisotopic (exact) mass is 966 g/mol. The van der Waals surface area contributed by atoms with Gasteiger partial charge in [-0.25, -0.2) is 9.37 Å². The van der Waals surface area contributed by atoms with E-state index < -0.39 is 52.7 Å². The van der Waals surface area contributed by atoms with Crippen molar-refractivity contribution >= 4 is 75.1 Å². The molecule has 0 spiro atoms. The number of piperazine rings is 1. The van der Waals surface area contributed by atoms with Crippen molar-refractivity contribution in [1.29, 1.82) is 0 Å². The highest BCUT2D eigenvalue weighted by Crippen LogP contribution is 2.48. The standard InChI is InChI=1S/C51H51FN10O9/c1-70-41-26-36-37(53-19-13-40(36)71-34-8-6-33(7-9-34)57-50(69)51(16-17-51)49(68)56-32-4-2-31(52)3-5-32)27-39(41)60-21-14-30(15-22-60)28-59-24-25-61(43(64)29-59)23-20-55-45-44-35(12-18-54-45)47(66)62(48(44)67)38-10-11-42(63)58-46(38)65/h2-9,12-13,18-19,26-27,30,38H,10-11,14-17,20-25,28-29H2,1H3,(H,54,55)(H,56,68)(H,57,69)(H,58,63,65). The third-order valence-corrected chi connectivity index (χ3v) is 14.0. The summed E-state index contributed by atoms with van der Waals surface area (Å²) in [6, 6.07) is 18.4. The first-order chi connectivity index (χ1) is 34.4. The second-order valence-corrected chi connectivity index (χ2v) is 18.5. The number of amides is 7. The van der Waals surface area contributed by atoms with Gasteiger partial charge in [0.15, 0.2) is 0 Å². The number of piperidine rings is 2. The van der Waals surface area contributed by atoms with E-state index in [1.807, 2.05) is 12.1 Å². The van der Waals surface area contributed by atoms with Crippen LogP contribution in [0.15, 0.2) is 85.2 Å². The van der Waals surface area contributed by atoms with Crippen LogP contribution >= 0.6 is 0 Å². The maximum Gasteiger partial charge on any atom is 0.266 e. The summed E-state index contributed by atoms with van der Waals surface area (Å²) < 4.78 is 25.6. The Hall–Kier alpha value is -8.00. The van der Waals surface area contributed by atoms with Gasteiger partial charge in [0.05, 0.1) is 36.0 Å². The molecule has 71 heavy (non-hydrogen) atoms. The van der Waals surface area contributed by atoms with Gasteiger partial charge in [-0.3, -0.25) is 53.7 Å². The molecule has 1 atom stereocenters. The molecule has 1 aliphatic carbocycles. The number of fused-ring (bicyclic) bond motifs is 2. The van der Waals surface area contributed by atoms with Crippen LogP contribution in [0.2, 0.25) is 0 Å². The van der Waals surface area contributed by atoms with Crippen LogP contribution in [0.1, 0.15) is 59.2 Å². The normalized spacial score (nSPS) is 19.1. The SMILES string of the molecule is COc1cc2c(Oc3ccc(NC(=O)C4(C(=O)Nc5ccc(F)cc5)CC4)cc3)ccnc2cc1N1CCC(CN2CCN(CCNc3nccc4c3C(=O)N(C3CCC(=O)NC3=O)C4=O)C(=O)C2)CC1. The van der Waals surface area contributed by atoms with Crippen LogP contribution < -0.4 is 35.6 Å². The zero-order valence-corrected chi connectivity index (χ0v) is 38.9. The number of carbonyl (C=O) groups is 7. The summed E-state index contributed by atoms with van der Waals surface area (Å²) in [5.74, 6) is -1.27. The average Bonchev–Trinajstić information content (AvgIpc) is 4.15. The quantitative estimate of drug-likeness (QED) is 0.0818. The lowest BCUT2D eigenvalue weighted by Crippen LogP contribution is -2.54. The number of carbonyl (C=O) groups excluding carboxylic acids is 7. The van der Waals surface area contributed by atoms with Crippen molar-refractivity contribution in [3.05, 3.63) is 102 Å². The van der Waals surface area contributed by atoms with Gasteiger partial charge in [0.2, 0.25) is 29.5 Å². The van der Waals surface area contributed by atoms with Crippen molar-refractivity contribution in [3.8, 4) is 17.2 Å². The van der Waals surface area contributed by atoms with E-state index in [4.69, 9.17) is 9.47 Å². The molecule has 4 fully saturated rings. The number of ether oxygens (including phenoxy) is 2. The van der Waals surface area contributed by atoms with Crippen molar-refractivity contribution in [3.63, 3.8) is 0 Å². The third-order valence-electron chi connectivity index (χ3n) is 14.0. The maximum atomic E-state index is 13.4. The molecule has 5 aromatic rings. The van der Waals surface area contributed by atoms with Gasteiger partial charge >= 0.3 is 0 Å². The molecular formula is C51H51FN10O9. The van der Waals surface area contributed by atoms with Gasteiger partial charge in [0, 0.05) is 81.4 Å². The van der Waals surface area contributed by atoms with E-state index in [1.165, 1.54) is 36.5 Å². The number of hydrogen-bond donors (Lipinski definition) is 4. The molecule has 7 amide bonds. The predicted octanol–water partition coefficient (Wildman–Crippen LogP) is 4.80. The Labute approximate surface area is 407 Å². The Kier molecular flexibility index (Phi) is 12.8. The van der Waals surface area contributed by atoms with Gasteiger partial charge in [-0.05, 0) is 111 Å². The molecule has 19 nitrogen and oxygen atoms in total. The van der Waals surface area contributed by atoms with Crippen LogP contribution in [0.4, 0.5) is 27.3 Å². The summed E-state index contributed by atoms with van der Waals surface area (Å²) >= 11 is 0. The smallest absolute Gasteiger partial charge is 0.266 e. The fourth-order valence-electron chi connectivity index (χ4n) is 9.81. The first-order valence-corrected chi connectivity index (χ1v) is 23.7. The van der Waals surface area contributed by atoms with E-state index >= 15 is 0 Å². The van der Waals surface area contributed by atoms with Crippen molar-refractivity contribution in [1.82, 2.24) is 30.0 Å². The van der Waals surface area contributed by atoms with Gasteiger partial charge in [-0.15, -0.1) is 0 Å². The Balaban J connectivity index is 0.691. The van der Waals surface area contributed by atoms with Crippen molar-refractivity contribution in [2.24, 2.45) is 11.3 Å². The van der Waals surface area contributed by atoms with Crippen LogP contribution in [-0.4, -0.2) is 132 Å². The van der Waals surface area contributed by atoms with Crippen LogP contribution in [-0.2, 0) is 24.0 Å². The summed E-state index contributed by atoms with van der Waals surface area (Å²) in [6.45, 7) is 4.60. The number of methoxy groups -OCH3 is 1. The number of nitrogens with zero attached hydrogens (tertiary/aromatic N) is 6. The van der Waals surface area contributed by atoms with Gasteiger partial charge in [0.1, 0.15) is 40.3 Å². The highest BCUT2D eigenvalue weighted by molar-refractivity contribution is 6.25. The zero-order chi connectivity index (χ0) is 49.4. The number of halogens is 1. The van der Waals surface area contributed by atoms with Gasteiger partial charge in [-0.1, -0.05) is 0 Å². The molecule has 6 heterocycles. The number of anilines is 4. The summed E-state index contributed by atoms with van der Waals surface area (Å²) in [7, 11) is 1.64. The molecule has 0 radical (unpaired) electrons. The van der Waals surface area contributed by atoms with Crippen molar-refractivity contribution in [2.45, 2.75) is 44.6 Å². The lowest BCUT2D eigenvalue weighted by molar-refractivity contribution is -0.137. The molecule has 366 valence electrons.